The number of anilines is 1. The molecular formula is C28H28F2N4O3. The summed E-state index contributed by atoms with van der Waals surface area (Å²) < 4.78 is 28.7. The van der Waals surface area contributed by atoms with Gasteiger partial charge in [-0.2, -0.15) is 0 Å². The Hall–Kier alpha value is -3.82. The van der Waals surface area contributed by atoms with E-state index in [4.69, 9.17) is 0 Å². The molecule has 1 atom stereocenters. The minimum atomic E-state index is -1.00. The lowest BCUT2D eigenvalue weighted by Crippen LogP contribution is -2.39. The lowest BCUT2D eigenvalue weighted by molar-refractivity contribution is -0.110. The van der Waals surface area contributed by atoms with Crippen LogP contribution < -0.4 is 10.6 Å². The van der Waals surface area contributed by atoms with Crippen molar-refractivity contribution in [1.29, 1.82) is 0 Å². The molecule has 0 spiro atoms. The van der Waals surface area contributed by atoms with E-state index in [2.05, 4.69) is 20.5 Å². The van der Waals surface area contributed by atoms with E-state index >= 15 is 0 Å². The molecule has 2 aromatic carbocycles. The lowest BCUT2D eigenvalue weighted by atomic mass is 9.93. The van der Waals surface area contributed by atoms with E-state index < -0.39 is 23.6 Å². The number of carbonyl (C=O) groups is 2. The van der Waals surface area contributed by atoms with Gasteiger partial charge in [-0.1, -0.05) is 24.3 Å². The number of benzene rings is 2. The molecule has 37 heavy (non-hydrogen) atoms. The summed E-state index contributed by atoms with van der Waals surface area (Å²) in [6.45, 7) is 4.29. The van der Waals surface area contributed by atoms with Crippen LogP contribution in [0.15, 0.2) is 42.5 Å². The molecular weight excluding hydrogens is 478 g/mol. The van der Waals surface area contributed by atoms with Gasteiger partial charge in [-0.25, -0.2) is 8.78 Å². The van der Waals surface area contributed by atoms with Crippen LogP contribution in [0.4, 0.5) is 14.5 Å². The van der Waals surface area contributed by atoms with Crippen molar-refractivity contribution in [3.8, 4) is 11.1 Å². The predicted octanol–water partition coefficient (Wildman–Crippen LogP) is 3.95. The molecule has 1 unspecified atom stereocenters. The van der Waals surface area contributed by atoms with Crippen LogP contribution in [0.2, 0.25) is 0 Å². The van der Waals surface area contributed by atoms with Gasteiger partial charge in [0.25, 0.3) is 11.8 Å². The quantitative estimate of drug-likeness (QED) is 0.365. The molecule has 1 fully saturated rings. The average Bonchev–Trinajstić information content (AvgIpc) is 3.59. The number of fused-ring (bicyclic) bond motifs is 1. The highest BCUT2D eigenvalue weighted by molar-refractivity contribution is 6.36. The van der Waals surface area contributed by atoms with Crippen LogP contribution >= 0.6 is 0 Å². The number of amides is 2. The summed E-state index contributed by atoms with van der Waals surface area (Å²) >= 11 is 0. The van der Waals surface area contributed by atoms with E-state index in [0.29, 0.717) is 40.3 Å². The first-order chi connectivity index (χ1) is 17.8. The molecule has 0 saturated carbocycles. The van der Waals surface area contributed by atoms with Crippen molar-refractivity contribution in [2.24, 2.45) is 0 Å². The summed E-state index contributed by atoms with van der Waals surface area (Å²) in [5.41, 5.74) is 2.93. The first kappa shape index (κ1) is 24.9. The first-order valence-corrected chi connectivity index (χ1v) is 12.3. The average molecular weight is 507 g/mol. The number of halogens is 2. The Kier molecular flexibility index (Phi) is 6.90. The first-order valence-electron chi connectivity index (χ1n) is 12.3. The van der Waals surface area contributed by atoms with E-state index in [9.17, 15) is 23.5 Å². The number of H-pyrrole nitrogens is 1. The van der Waals surface area contributed by atoms with Gasteiger partial charge < -0.3 is 25.6 Å². The molecule has 2 aliphatic rings. The molecule has 9 heteroatoms. The normalized spacial score (nSPS) is 17.2. The van der Waals surface area contributed by atoms with Crippen LogP contribution in [0.3, 0.4) is 0 Å². The van der Waals surface area contributed by atoms with E-state index in [1.807, 2.05) is 0 Å². The Morgan fingerprint density at radius 3 is 2.68 bits per heavy atom. The monoisotopic (exact) mass is 506 g/mol. The molecule has 5 rings (SSSR count). The number of hydrogen-bond acceptors (Lipinski definition) is 4. The minimum absolute atomic E-state index is 0.0341. The van der Waals surface area contributed by atoms with Crippen molar-refractivity contribution in [3.05, 3.63) is 76.6 Å². The maximum atomic E-state index is 14.7. The lowest BCUT2D eigenvalue weighted by Gasteiger charge is -2.19. The molecule has 4 N–H and O–H groups in total. The number of aliphatic hydroxyl groups excluding tert-OH is 1. The number of nitrogens with zero attached hydrogens (tertiary/aromatic N) is 1. The summed E-state index contributed by atoms with van der Waals surface area (Å²) in [7, 11) is 0. The largest absolute Gasteiger partial charge is 0.390 e. The molecule has 3 aromatic rings. The van der Waals surface area contributed by atoms with Crippen LogP contribution in [-0.2, 0) is 4.79 Å². The Morgan fingerprint density at radius 2 is 1.89 bits per heavy atom. The maximum Gasteiger partial charge on any atom is 0.256 e. The van der Waals surface area contributed by atoms with Crippen molar-refractivity contribution in [2.45, 2.75) is 25.9 Å². The fraction of sp³-hybridized carbons (Fsp3) is 0.286. The number of β-amino-alcohol motifs (C(OH)–C–C–N with tert-alkyl or cyclic N) is 1. The Balaban J connectivity index is 1.44. The fourth-order valence-corrected chi connectivity index (χ4v) is 5.01. The summed E-state index contributed by atoms with van der Waals surface area (Å²) in [6, 6.07) is 10.5. The van der Waals surface area contributed by atoms with E-state index in [0.717, 1.165) is 32.0 Å². The van der Waals surface area contributed by atoms with E-state index in [1.165, 1.54) is 12.1 Å². The standard InChI is InChI=1S/C28H28F2N4O3/c1-16-12-20(27(36)31-14-17(35)15-34-10-2-3-11-34)24(32-16)13-21-25-18(6-5-9-23(25)33-28(21)37)19-7-4-8-22(29)26(19)30/h4-9,12-13,17,32,35H,2-3,10-11,14-15H2,1H3,(H,31,36)(H,33,37)/b21-13-. The van der Waals surface area contributed by atoms with Gasteiger partial charge in [0.15, 0.2) is 11.6 Å². The molecule has 2 amide bonds. The number of aromatic amines is 1. The third-order valence-electron chi connectivity index (χ3n) is 6.75. The molecule has 1 aromatic heterocycles. The molecule has 192 valence electrons. The number of rotatable bonds is 7. The van der Waals surface area contributed by atoms with E-state index in [-0.39, 0.29) is 23.6 Å². The number of likely N-dealkylation sites (tertiary alicyclic amines) is 1. The third kappa shape index (κ3) is 5.05. The molecule has 7 nitrogen and oxygen atoms in total. The summed E-state index contributed by atoms with van der Waals surface area (Å²) in [6.07, 6.45) is 3.08. The second-order valence-electron chi connectivity index (χ2n) is 9.49. The van der Waals surface area contributed by atoms with Crippen molar-refractivity contribution in [1.82, 2.24) is 15.2 Å². The number of nitrogens with one attached hydrogen (secondary N) is 3. The maximum absolute atomic E-state index is 14.7. The summed E-state index contributed by atoms with van der Waals surface area (Å²) in [5, 5.41) is 15.9. The van der Waals surface area contributed by atoms with Crippen molar-refractivity contribution in [3.63, 3.8) is 0 Å². The highest BCUT2D eigenvalue weighted by Gasteiger charge is 2.29. The smallest absolute Gasteiger partial charge is 0.256 e. The molecule has 0 radical (unpaired) electrons. The number of aryl methyl sites for hydroxylation is 1. The zero-order valence-corrected chi connectivity index (χ0v) is 20.4. The highest BCUT2D eigenvalue weighted by atomic mass is 19.2. The Morgan fingerprint density at radius 1 is 1.16 bits per heavy atom. The number of carbonyl (C=O) groups excluding carboxylic acids is 2. The third-order valence-corrected chi connectivity index (χ3v) is 6.75. The Bertz CT molecular complexity index is 1390. The van der Waals surface area contributed by atoms with Gasteiger partial charge in [-0.05, 0) is 62.7 Å². The minimum Gasteiger partial charge on any atom is -0.390 e. The van der Waals surface area contributed by atoms with Gasteiger partial charge >= 0.3 is 0 Å². The van der Waals surface area contributed by atoms with Crippen LogP contribution in [-0.4, -0.2) is 59.1 Å². The van der Waals surface area contributed by atoms with Gasteiger partial charge in [-0.3, -0.25) is 9.59 Å². The number of hydrogen-bond donors (Lipinski definition) is 4. The molecule has 0 aliphatic carbocycles. The van der Waals surface area contributed by atoms with Gasteiger partial charge in [0.1, 0.15) is 0 Å². The topological polar surface area (TPSA) is 97.5 Å². The van der Waals surface area contributed by atoms with Crippen LogP contribution in [0.25, 0.3) is 22.8 Å². The van der Waals surface area contributed by atoms with Gasteiger partial charge in [0.2, 0.25) is 0 Å². The zero-order valence-electron chi connectivity index (χ0n) is 20.4. The second kappa shape index (κ2) is 10.3. The van der Waals surface area contributed by atoms with Gasteiger partial charge in [0, 0.05) is 35.6 Å². The Labute approximate surface area is 213 Å². The number of aliphatic hydroxyl groups is 1. The SMILES string of the molecule is Cc1cc(C(=O)NCC(O)CN2CCCC2)c(/C=C2\C(=O)Nc3cccc(-c4cccc(F)c4F)c32)[nH]1. The molecule has 3 heterocycles. The van der Waals surface area contributed by atoms with Crippen molar-refractivity contribution < 1.29 is 23.5 Å². The van der Waals surface area contributed by atoms with Crippen LogP contribution in [0, 0.1) is 18.6 Å². The second-order valence-corrected chi connectivity index (χ2v) is 9.49. The highest BCUT2D eigenvalue weighted by Crippen LogP contribution is 2.41. The molecule has 0 bridgehead atoms. The van der Waals surface area contributed by atoms with Crippen LogP contribution in [0.1, 0.15) is 40.2 Å². The molecule has 2 aliphatic heterocycles. The fourth-order valence-electron chi connectivity index (χ4n) is 5.01. The van der Waals surface area contributed by atoms with Crippen molar-refractivity contribution in [2.75, 3.05) is 31.5 Å². The van der Waals surface area contributed by atoms with Crippen LogP contribution in [0.5, 0.6) is 0 Å². The molecule has 1 saturated heterocycles. The summed E-state index contributed by atoms with van der Waals surface area (Å²) in [5.74, 6) is -2.79. The van der Waals surface area contributed by atoms with Crippen molar-refractivity contribution >= 4 is 29.2 Å². The number of aromatic nitrogens is 1. The van der Waals surface area contributed by atoms with E-state index in [1.54, 1.807) is 37.3 Å². The zero-order chi connectivity index (χ0) is 26.1. The predicted molar refractivity (Wildman–Crippen MR) is 138 cm³/mol. The summed E-state index contributed by atoms with van der Waals surface area (Å²) in [4.78, 5) is 31.2. The van der Waals surface area contributed by atoms with Gasteiger partial charge in [0.05, 0.1) is 22.9 Å². The van der Waals surface area contributed by atoms with Gasteiger partial charge in [-0.15, -0.1) is 0 Å².